The van der Waals surface area contributed by atoms with Crippen LogP contribution in [0.25, 0.3) is 0 Å². The van der Waals surface area contributed by atoms with E-state index in [1.165, 1.54) is 6.20 Å². The number of alkyl halides is 2. The third kappa shape index (κ3) is 3.00. The van der Waals surface area contributed by atoms with Crippen molar-refractivity contribution in [1.82, 2.24) is 4.98 Å². The van der Waals surface area contributed by atoms with E-state index in [4.69, 9.17) is 0 Å². The Hall–Kier alpha value is -0.560. The molecule has 3 nitrogen and oxygen atoms in total. The van der Waals surface area contributed by atoms with E-state index < -0.39 is 11.8 Å². The number of nitrogens with zero attached hydrogens (tertiary/aromatic N) is 1. The van der Waals surface area contributed by atoms with Crippen LogP contribution in [0.15, 0.2) is 9.98 Å². The maximum Gasteiger partial charge on any atom is 0.322 e. The Morgan fingerprint density at radius 2 is 2.38 bits per heavy atom. The number of amides is 1. The average molecular weight is 271 g/mol. The summed E-state index contributed by atoms with van der Waals surface area (Å²) in [6.45, 7) is 0.533. The van der Waals surface area contributed by atoms with E-state index in [1.807, 2.05) is 5.32 Å². The molecular formula is C6H5BrF2N2OS. The second-order valence-electron chi connectivity index (χ2n) is 2.31. The Morgan fingerprint density at radius 3 is 2.77 bits per heavy atom. The van der Waals surface area contributed by atoms with Gasteiger partial charge in [0.15, 0.2) is 5.13 Å². The third-order valence-corrected chi connectivity index (χ3v) is 2.49. The molecule has 72 valence electrons. The molecule has 0 unspecified atom stereocenters. The van der Waals surface area contributed by atoms with Crippen LogP contribution >= 0.6 is 27.3 Å². The summed E-state index contributed by atoms with van der Waals surface area (Å²) in [6.07, 6.45) is 1.42. The van der Waals surface area contributed by atoms with Crippen molar-refractivity contribution in [1.29, 1.82) is 0 Å². The molecule has 1 heterocycles. The molecule has 1 aromatic heterocycles. The minimum atomic E-state index is -3.38. The normalized spacial score (nSPS) is 11.4. The maximum absolute atomic E-state index is 12.4. The lowest BCUT2D eigenvalue weighted by Gasteiger charge is -2.07. The molecule has 0 atom stereocenters. The van der Waals surface area contributed by atoms with Gasteiger partial charge in [0.05, 0.1) is 9.98 Å². The summed E-state index contributed by atoms with van der Waals surface area (Å²) in [5.74, 6) is -4.73. The second kappa shape index (κ2) is 3.67. The maximum atomic E-state index is 12.4. The molecule has 1 amide bonds. The number of halogens is 3. The standard InChI is InChI=1S/C6H5BrF2N2OS/c1-6(8,9)4(12)11-5-10-2-3(7)13-5/h2H,1H3,(H,10,11,12). The van der Waals surface area contributed by atoms with Crippen molar-refractivity contribution in [3.63, 3.8) is 0 Å². The van der Waals surface area contributed by atoms with Crippen LogP contribution < -0.4 is 5.32 Å². The SMILES string of the molecule is CC(F)(F)C(=O)Nc1ncc(Br)s1. The van der Waals surface area contributed by atoms with Gasteiger partial charge in [0, 0.05) is 6.92 Å². The second-order valence-corrected chi connectivity index (χ2v) is 4.72. The van der Waals surface area contributed by atoms with Gasteiger partial charge in [-0.05, 0) is 15.9 Å². The highest BCUT2D eigenvalue weighted by molar-refractivity contribution is 9.11. The zero-order valence-corrected chi connectivity index (χ0v) is 8.88. The van der Waals surface area contributed by atoms with Crippen LogP contribution in [0, 0.1) is 0 Å². The van der Waals surface area contributed by atoms with Gasteiger partial charge < -0.3 is 0 Å². The summed E-state index contributed by atoms with van der Waals surface area (Å²) >= 11 is 4.16. The molecule has 0 aliphatic rings. The van der Waals surface area contributed by atoms with Gasteiger partial charge in [0.2, 0.25) is 0 Å². The summed E-state index contributed by atoms with van der Waals surface area (Å²) < 4.78 is 25.4. The summed E-state index contributed by atoms with van der Waals surface area (Å²) in [5, 5.41) is 2.14. The topological polar surface area (TPSA) is 42.0 Å². The summed E-state index contributed by atoms with van der Waals surface area (Å²) in [6, 6.07) is 0. The molecule has 0 spiro atoms. The first-order chi connectivity index (χ1) is 5.89. The fraction of sp³-hybridized carbons (Fsp3) is 0.333. The molecule has 0 saturated carbocycles. The lowest BCUT2D eigenvalue weighted by atomic mass is 10.4. The lowest BCUT2D eigenvalue weighted by Crippen LogP contribution is -2.31. The van der Waals surface area contributed by atoms with Crippen molar-refractivity contribution < 1.29 is 13.6 Å². The van der Waals surface area contributed by atoms with Crippen LogP contribution in [0.1, 0.15) is 6.92 Å². The van der Waals surface area contributed by atoms with E-state index in [1.54, 1.807) is 0 Å². The fourth-order valence-corrected chi connectivity index (χ4v) is 1.62. The number of hydrogen-bond acceptors (Lipinski definition) is 3. The molecule has 0 radical (unpaired) electrons. The molecule has 13 heavy (non-hydrogen) atoms. The quantitative estimate of drug-likeness (QED) is 0.897. The molecule has 7 heteroatoms. The number of hydrogen-bond donors (Lipinski definition) is 1. The number of carbonyl (C=O) groups is 1. The Morgan fingerprint density at radius 1 is 1.77 bits per heavy atom. The zero-order chi connectivity index (χ0) is 10.1. The van der Waals surface area contributed by atoms with Gasteiger partial charge in [-0.2, -0.15) is 8.78 Å². The van der Waals surface area contributed by atoms with Crippen LogP contribution in [-0.2, 0) is 4.79 Å². The molecular weight excluding hydrogens is 266 g/mol. The van der Waals surface area contributed by atoms with Gasteiger partial charge in [-0.25, -0.2) is 4.98 Å². The van der Waals surface area contributed by atoms with E-state index in [-0.39, 0.29) is 5.13 Å². The van der Waals surface area contributed by atoms with Gasteiger partial charge in [-0.3, -0.25) is 10.1 Å². The van der Waals surface area contributed by atoms with Gasteiger partial charge >= 0.3 is 5.92 Å². The highest BCUT2D eigenvalue weighted by atomic mass is 79.9. The van der Waals surface area contributed by atoms with Gasteiger partial charge in [-0.15, -0.1) is 0 Å². The monoisotopic (exact) mass is 270 g/mol. The summed E-state index contributed by atoms with van der Waals surface area (Å²) in [4.78, 5) is 14.4. The van der Waals surface area contributed by atoms with Gasteiger partial charge in [0.1, 0.15) is 0 Å². The first-order valence-electron chi connectivity index (χ1n) is 3.20. The molecule has 0 saturated heterocycles. The number of thiazole rings is 1. The minimum absolute atomic E-state index is 0.151. The van der Waals surface area contributed by atoms with Crippen LogP contribution in [0.2, 0.25) is 0 Å². The molecule has 0 aromatic carbocycles. The largest absolute Gasteiger partial charge is 0.322 e. The van der Waals surface area contributed by atoms with Crippen molar-refractivity contribution in [3.8, 4) is 0 Å². The van der Waals surface area contributed by atoms with Crippen molar-refractivity contribution >= 4 is 38.3 Å². The van der Waals surface area contributed by atoms with Gasteiger partial charge in [-0.1, -0.05) is 11.3 Å². The van der Waals surface area contributed by atoms with Crippen LogP contribution in [-0.4, -0.2) is 16.8 Å². The number of aromatic nitrogens is 1. The predicted octanol–water partition coefficient (Wildman–Crippen LogP) is 2.50. The molecule has 0 aliphatic carbocycles. The average Bonchev–Trinajstić information content (AvgIpc) is 2.33. The summed E-state index contributed by atoms with van der Waals surface area (Å²) in [7, 11) is 0. The Kier molecular flexibility index (Phi) is 2.97. The number of anilines is 1. The van der Waals surface area contributed by atoms with Crippen molar-refractivity contribution in [2.24, 2.45) is 0 Å². The Labute approximate surface area is 85.3 Å². The van der Waals surface area contributed by atoms with Crippen LogP contribution in [0.5, 0.6) is 0 Å². The lowest BCUT2D eigenvalue weighted by molar-refractivity contribution is -0.137. The van der Waals surface area contributed by atoms with Crippen molar-refractivity contribution in [2.45, 2.75) is 12.8 Å². The fourth-order valence-electron chi connectivity index (χ4n) is 0.519. The van der Waals surface area contributed by atoms with E-state index >= 15 is 0 Å². The number of nitrogens with one attached hydrogen (secondary N) is 1. The predicted molar refractivity (Wildman–Crippen MR) is 49.1 cm³/mol. The number of carbonyl (C=O) groups excluding carboxylic acids is 1. The highest BCUT2D eigenvalue weighted by Gasteiger charge is 2.32. The van der Waals surface area contributed by atoms with E-state index in [0.717, 1.165) is 11.3 Å². The van der Waals surface area contributed by atoms with E-state index in [0.29, 0.717) is 10.7 Å². The Bertz CT molecular complexity index is 323. The molecule has 1 N–H and O–H groups in total. The Balaban J connectivity index is 2.65. The first kappa shape index (κ1) is 10.5. The van der Waals surface area contributed by atoms with Crippen molar-refractivity contribution in [2.75, 3.05) is 5.32 Å². The minimum Gasteiger partial charge on any atom is -0.297 e. The smallest absolute Gasteiger partial charge is 0.297 e. The molecule has 0 bridgehead atoms. The molecule has 0 fully saturated rings. The van der Waals surface area contributed by atoms with Crippen LogP contribution in [0.3, 0.4) is 0 Å². The van der Waals surface area contributed by atoms with Crippen molar-refractivity contribution in [3.05, 3.63) is 9.98 Å². The summed E-state index contributed by atoms with van der Waals surface area (Å²) in [5.41, 5.74) is 0. The van der Waals surface area contributed by atoms with Crippen LogP contribution in [0.4, 0.5) is 13.9 Å². The van der Waals surface area contributed by atoms with E-state index in [2.05, 4.69) is 20.9 Å². The van der Waals surface area contributed by atoms with Gasteiger partial charge in [0.25, 0.3) is 5.91 Å². The first-order valence-corrected chi connectivity index (χ1v) is 4.81. The molecule has 1 rings (SSSR count). The molecule has 0 aliphatic heterocycles. The highest BCUT2D eigenvalue weighted by Crippen LogP contribution is 2.24. The van der Waals surface area contributed by atoms with E-state index in [9.17, 15) is 13.6 Å². The number of rotatable bonds is 2. The molecule has 1 aromatic rings. The third-order valence-electron chi connectivity index (χ3n) is 1.10. The zero-order valence-electron chi connectivity index (χ0n) is 6.47.